The van der Waals surface area contributed by atoms with Crippen molar-refractivity contribution in [3.63, 3.8) is 0 Å². The van der Waals surface area contributed by atoms with Crippen molar-refractivity contribution in [2.75, 3.05) is 5.32 Å². The first-order valence-corrected chi connectivity index (χ1v) is 7.23. The molecule has 0 aromatic carbocycles. The molecule has 5 nitrogen and oxygen atoms in total. The van der Waals surface area contributed by atoms with Gasteiger partial charge < -0.3 is 10.3 Å². The van der Waals surface area contributed by atoms with E-state index in [9.17, 15) is 26.3 Å². The summed E-state index contributed by atoms with van der Waals surface area (Å²) in [5, 5.41) is 2.96. The summed E-state index contributed by atoms with van der Waals surface area (Å²) in [4.78, 5) is 13.1. The van der Waals surface area contributed by atoms with Gasteiger partial charge >= 0.3 is 12.4 Å². The summed E-state index contributed by atoms with van der Waals surface area (Å²) in [6.07, 6.45) is -7.01. The topological polar surface area (TPSA) is 66.5 Å². The molecule has 3 aromatic rings. The van der Waals surface area contributed by atoms with E-state index in [1.807, 2.05) is 0 Å². The Bertz CT molecular complexity index is 950. The predicted molar refractivity (Wildman–Crippen MR) is 87.4 cm³/mol. The molecule has 0 atom stereocenters. The number of rotatable bonds is 3. The lowest BCUT2D eigenvalue weighted by atomic mass is 10.2. The Kier molecular flexibility index (Phi) is 5.55. The molecule has 0 aliphatic heterocycles. The van der Waals surface area contributed by atoms with Gasteiger partial charge in [-0.15, -0.1) is 12.4 Å². The number of pyridine rings is 1. The van der Waals surface area contributed by atoms with Crippen LogP contribution in [-0.4, -0.2) is 19.9 Å². The Balaban J connectivity index is 0.00000261. The fourth-order valence-electron chi connectivity index (χ4n) is 2.41. The molecule has 2 N–H and O–H groups in total. The van der Waals surface area contributed by atoms with E-state index in [-0.39, 0.29) is 41.4 Å². The zero-order chi connectivity index (χ0) is 19.1. The second-order valence-electron chi connectivity index (χ2n) is 5.51. The summed E-state index contributed by atoms with van der Waals surface area (Å²) in [6.45, 7) is 1.26. The molecule has 3 aromatic heterocycles. The monoisotopic (exact) mass is 411 g/mol. The Morgan fingerprint density at radius 1 is 1.00 bits per heavy atom. The number of alkyl halides is 6. The molecule has 0 spiro atoms. The number of halogens is 7. The minimum atomic E-state index is -4.61. The standard InChI is InChI=1S/C15H11F6N5.ClH/c1-7-11(15(19,20)21)24-6-25-12(7)22-4-8-2-9-3-10(14(16,17)18)26-13(9)23-5-8;/h2-3,5-6H,4H2,1H3,(H,23,26)(H,22,24,25);1H. The lowest BCUT2D eigenvalue weighted by molar-refractivity contribution is -0.142. The van der Waals surface area contributed by atoms with Crippen molar-refractivity contribution in [2.24, 2.45) is 0 Å². The SMILES string of the molecule is Cc1c(NCc2cnc3[nH]c(C(F)(F)F)cc3c2)ncnc1C(F)(F)F.Cl. The zero-order valence-electron chi connectivity index (χ0n) is 13.5. The van der Waals surface area contributed by atoms with Crippen molar-refractivity contribution < 1.29 is 26.3 Å². The van der Waals surface area contributed by atoms with Gasteiger partial charge in [-0.3, -0.25) is 0 Å². The van der Waals surface area contributed by atoms with Gasteiger partial charge in [-0.2, -0.15) is 26.3 Å². The van der Waals surface area contributed by atoms with Crippen LogP contribution in [0.5, 0.6) is 0 Å². The van der Waals surface area contributed by atoms with Gasteiger partial charge in [0.05, 0.1) is 0 Å². The van der Waals surface area contributed by atoms with Crippen molar-refractivity contribution >= 4 is 29.3 Å². The second kappa shape index (κ2) is 7.22. The normalized spacial score (nSPS) is 12.1. The fraction of sp³-hybridized carbons (Fsp3) is 0.267. The van der Waals surface area contributed by atoms with E-state index in [1.54, 1.807) is 0 Å². The van der Waals surface area contributed by atoms with Crippen molar-refractivity contribution in [2.45, 2.75) is 25.8 Å². The fourth-order valence-corrected chi connectivity index (χ4v) is 2.41. The largest absolute Gasteiger partial charge is 0.433 e. The second-order valence-corrected chi connectivity index (χ2v) is 5.51. The van der Waals surface area contributed by atoms with Crippen molar-refractivity contribution in [3.8, 4) is 0 Å². The van der Waals surface area contributed by atoms with Gasteiger partial charge in [-0.05, 0) is 24.6 Å². The van der Waals surface area contributed by atoms with Crippen LogP contribution >= 0.6 is 12.4 Å². The minimum Gasteiger partial charge on any atom is -0.366 e. The number of nitrogens with zero attached hydrogens (tertiary/aromatic N) is 3. The molecule has 0 unspecified atom stereocenters. The molecule has 0 aliphatic carbocycles. The Labute approximate surface area is 154 Å². The van der Waals surface area contributed by atoms with E-state index < -0.39 is 23.7 Å². The maximum atomic E-state index is 12.8. The number of fused-ring (bicyclic) bond motifs is 1. The lowest BCUT2D eigenvalue weighted by Gasteiger charge is -2.13. The summed E-state index contributed by atoms with van der Waals surface area (Å²) in [5.41, 5.74) is -1.60. The zero-order valence-corrected chi connectivity index (χ0v) is 14.4. The van der Waals surface area contributed by atoms with Gasteiger partial charge in [0.15, 0.2) is 5.69 Å². The Morgan fingerprint density at radius 2 is 1.70 bits per heavy atom. The third-order valence-corrected chi connectivity index (χ3v) is 3.64. The van der Waals surface area contributed by atoms with Crippen LogP contribution in [0.2, 0.25) is 0 Å². The van der Waals surface area contributed by atoms with Gasteiger partial charge in [0.2, 0.25) is 0 Å². The number of H-pyrrole nitrogens is 1. The molecule has 3 heterocycles. The molecule has 0 saturated carbocycles. The van der Waals surface area contributed by atoms with Gasteiger partial charge in [-0.1, -0.05) is 0 Å². The van der Waals surface area contributed by atoms with Crippen LogP contribution < -0.4 is 5.32 Å². The van der Waals surface area contributed by atoms with Gasteiger partial charge in [-0.25, -0.2) is 15.0 Å². The highest BCUT2D eigenvalue weighted by Crippen LogP contribution is 2.32. The number of hydrogen-bond donors (Lipinski definition) is 2. The van der Waals surface area contributed by atoms with E-state index >= 15 is 0 Å². The number of aromatic nitrogens is 4. The number of aromatic amines is 1. The van der Waals surface area contributed by atoms with Crippen LogP contribution in [0.25, 0.3) is 11.0 Å². The van der Waals surface area contributed by atoms with Crippen LogP contribution in [0, 0.1) is 6.92 Å². The van der Waals surface area contributed by atoms with Crippen molar-refractivity contribution in [3.05, 3.63) is 47.2 Å². The van der Waals surface area contributed by atoms with Gasteiger partial charge in [0.25, 0.3) is 0 Å². The summed E-state index contributed by atoms with van der Waals surface area (Å²) in [6, 6.07) is 2.38. The highest BCUT2D eigenvalue weighted by Gasteiger charge is 2.35. The molecule has 27 heavy (non-hydrogen) atoms. The molecular weight excluding hydrogens is 400 g/mol. The van der Waals surface area contributed by atoms with Gasteiger partial charge in [0.1, 0.15) is 23.5 Å². The maximum absolute atomic E-state index is 12.8. The first kappa shape index (κ1) is 20.7. The quantitative estimate of drug-likeness (QED) is 0.611. The number of hydrogen-bond acceptors (Lipinski definition) is 4. The van der Waals surface area contributed by atoms with Crippen LogP contribution in [0.4, 0.5) is 32.2 Å². The van der Waals surface area contributed by atoms with Gasteiger partial charge in [0, 0.05) is 23.7 Å². The molecule has 146 valence electrons. The molecule has 0 radical (unpaired) electrons. The van der Waals surface area contributed by atoms with E-state index in [2.05, 4.69) is 25.3 Å². The smallest absolute Gasteiger partial charge is 0.366 e. The molecular formula is C15H12ClF6N5. The minimum absolute atomic E-state index is 0. The van der Waals surface area contributed by atoms with E-state index in [1.165, 1.54) is 19.2 Å². The average Bonchev–Trinajstić information content (AvgIpc) is 2.96. The highest BCUT2D eigenvalue weighted by molar-refractivity contribution is 5.85. The van der Waals surface area contributed by atoms with E-state index in [0.717, 1.165) is 12.4 Å². The Morgan fingerprint density at radius 3 is 2.33 bits per heavy atom. The molecule has 0 bridgehead atoms. The third kappa shape index (κ3) is 4.41. The average molecular weight is 412 g/mol. The molecule has 0 amide bonds. The summed E-state index contributed by atoms with van der Waals surface area (Å²) < 4.78 is 76.6. The lowest BCUT2D eigenvalue weighted by Crippen LogP contribution is -2.14. The summed E-state index contributed by atoms with van der Waals surface area (Å²) in [7, 11) is 0. The highest BCUT2D eigenvalue weighted by atomic mass is 35.5. The first-order chi connectivity index (χ1) is 12.1. The van der Waals surface area contributed by atoms with Crippen LogP contribution in [0.15, 0.2) is 24.7 Å². The van der Waals surface area contributed by atoms with Crippen molar-refractivity contribution in [1.82, 2.24) is 19.9 Å². The number of anilines is 1. The van der Waals surface area contributed by atoms with E-state index in [0.29, 0.717) is 5.56 Å². The molecule has 0 saturated heterocycles. The van der Waals surface area contributed by atoms with Crippen LogP contribution in [0.1, 0.15) is 22.5 Å². The predicted octanol–water partition coefficient (Wildman–Crippen LogP) is 4.73. The van der Waals surface area contributed by atoms with E-state index in [4.69, 9.17) is 0 Å². The Hall–Kier alpha value is -2.56. The van der Waals surface area contributed by atoms with Crippen LogP contribution in [0.3, 0.4) is 0 Å². The summed E-state index contributed by atoms with van der Waals surface area (Å²) >= 11 is 0. The molecule has 0 fully saturated rings. The molecule has 0 aliphatic rings. The molecule has 12 heteroatoms. The maximum Gasteiger partial charge on any atom is 0.433 e. The molecule has 3 rings (SSSR count). The van der Waals surface area contributed by atoms with Crippen molar-refractivity contribution in [1.29, 1.82) is 0 Å². The number of nitrogens with one attached hydrogen (secondary N) is 2. The third-order valence-electron chi connectivity index (χ3n) is 3.64. The van der Waals surface area contributed by atoms with Crippen LogP contribution in [-0.2, 0) is 18.9 Å². The first-order valence-electron chi connectivity index (χ1n) is 7.23. The summed E-state index contributed by atoms with van der Waals surface area (Å²) in [5.74, 6) is -0.0162.